The summed E-state index contributed by atoms with van der Waals surface area (Å²) >= 11 is 0. The summed E-state index contributed by atoms with van der Waals surface area (Å²) in [7, 11) is 0. The average Bonchev–Trinajstić information content (AvgIpc) is 3.68. The zero-order valence-corrected chi connectivity index (χ0v) is 28.8. The standard InChI is InChI=1S/C42H28N4O.Pt/c1-25-10-4-5-11-28(25)36-24-45-37-16-7-6-12-30(37)29-19-17-26(22-33(29)40(45)44-36)47-27-18-20-31-32-13-8-14-34-39(32)46(38(31)23-27)41-35(42(34,2)3)15-9-21-43-41;/h4-21,24H,1-3H3;/q-2;+2. The maximum Gasteiger partial charge on any atom is 2.00 e. The number of para-hydroxylation sites is 2. The second-order valence-corrected chi connectivity index (χ2v) is 13.0. The van der Waals surface area contributed by atoms with Crippen molar-refractivity contribution in [3.63, 3.8) is 0 Å². The molecule has 0 atom stereocenters. The molecule has 0 unspecified atom stereocenters. The summed E-state index contributed by atoms with van der Waals surface area (Å²) in [6.07, 6.45) is 4.00. The van der Waals surface area contributed by atoms with Gasteiger partial charge in [-0.15, -0.1) is 29.7 Å². The van der Waals surface area contributed by atoms with Gasteiger partial charge in [0.25, 0.3) is 0 Å². The topological polar surface area (TPSA) is 44.4 Å². The Balaban J connectivity index is 0.00000314. The summed E-state index contributed by atoms with van der Waals surface area (Å²) in [5, 5.41) is 5.46. The number of imidazole rings is 1. The molecule has 232 valence electrons. The molecule has 1 aliphatic rings. The van der Waals surface area contributed by atoms with Gasteiger partial charge in [0.1, 0.15) is 5.82 Å². The molecule has 48 heavy (non-hydrogen) atoms. The van der Waals surface area contributed by atoms with E-state index in [-0.39, 0.29) is 26.5 Å². The molecule has 0 bridgehead atoms. The van der Waals surface area contributed by atoms with E-state index in [0.717, 1.165) is 55.3 Å². The predicted molar refractivity (Wildman–Crippen MR) is 189 cm³/mol. The van der Waals surface area contributed by atoms with Gasteiger partial charge in [0.15, 0.2) is 0 Å². The van der Waals surface area contributed by atoms with E-state index in [2.05, 4.69) is 133 Å². The van der Waals surface area contributed by atoms with Crippen LogP contribution in [0.2, 0.25) is 0 Å². The number of rotatable bonds is 3. The van der Waals surface area contributed by atoms with Crippen LogP contribution >= 0.6 is 0 Å². The summed E-state index contributed by atoms with van der Waals surface area (Å²) in [5.74, 6) is 2.18. The maximum absolute atomic E-state index is 6.56. The normalized spacial score (nSPS) is 13.3. The summed E-state index contributed by atoms with van der Waals surface area (Å²) in [4.78, 5) is 10.0. The Morgan fingerprint density at radius 2 is 1.46 bits per heavy atom. The molecule has 0 amide bonds. The second kappa shape index (κ2) is 10.4. The van der Waals surface area contributed by atoms with Crippen molar-refractivity contribution in [1.82, 2.24) is 18.9 Å². The molecule has 0 radical (unpaired) electrons. The second-order valence-electron chi connectivity index (χ2n) is 13.0. The van der Waals surface area contributed by atoms with E-state index in [9.17, 15) is 0 Å². The molecule has 5 heterocycles. The van der Waals surface area contributed by atoms with Crippen LogP contribution in [0.4, 0.5) is 0 Å². The zero-order chi connectivity index (χ0) is 31.4. The van der Waals surface area contributed by atoms with E-state index in [1.54, 1.807) is 0 Å². The number of benzene rings is 5. The SMILES string of the molecule is Cc1ccccc1-c1cn2c3ccccc3c3ccc(Oc4[c-]c5c(cc4)c4cccc6c4n5-c4ncccc4C6(C)C)[c-]c3c2n1.[Pt+2]. The minimum atomic E-state index is -0.172. The molecule has 0 N–H and O–H groups in total. The molecule has 0 saturated carbocycles. The van der Waals surface area contributed by atoms with Gasteiger partial charge >= 0.3 is 21.1 Å². The zero-order valence-electron chi connectivity index (χ0n) is 26.5. The smallest absolute Gasteiger partial charge is 0.503 e. The Bertz CT molecular complexity index is 2770. The van der Waals surface area contributed by atoms with Gasteiger partial charge in [0, 0.05) is 51.5 Å². The van der Waals surface area contributed by atoms with Crippen molar-refractivity contribution in [2.24, 2.45) is 0 Å². The van der Waals surface area contributed by atoms with Gasteiger partial charge in [-0.3, -0.25) is 4.98 Å². The van der Waals surface area contributed by atoms with E-state index < -0.39 is 0 Å². The number of hydrogen-bond acceptors (Lipinski definition) is 3. The molecule has 0 saturated heterocycles. The third-order valence-corrected chi connectivity index (χ3v) is 9.96. The van der Waals surface area contributed by atoms with Gasteiger partial charge in [-0.25, -0.2) is 4.98 Å². The Morgan fingerprint density at radius 3 is 2.33 bits per heavy atom. The monoisotopic (exact) mass is 799 g/mol. The van der Waals surface area contributed by atoms with Crippen LogP contribution in [0.5, 0.6) is 11.5 Å². The fourth-order valence-corrected chi connectivity index (χ4v) is 7.65. The number of pyridine rings is 2. The van der Waals surface area contributed by atoms with Crippen molar-refractivity contribution in [3.05, 3.63) is 144 Å². The minimum absolute atomic E-state index is 0. The number of nitrogens with zero attached hydrogens (tertiary/aromatic N) is 4. The Labute approximate surface area is 291 Å². The molecule has 1 aliphatic heterocycles. The van der Waals surface area contributed by atoms with Crippen LogP contribution in [0, 0.1) is 19.1 Å². The first-order valence-electron chi connectivity index (χ1n) is 15.9. The number of hydrogen-bond donors (Lipinski definition) is 0. The van der Waals surface area contributed by atoms with Crippen LogP contribution in [0.25, 0.3) is 66.2 Å². The number of ether oxygens (including phenoxy) is 1. The fraction of sp³-hybridized carbons (Fsp3) is 0.0952. The molecule has 4 aromatic heterocycles. The van der Waals surface area contributed by atoms with Gasteiger partial charge in [-0.05, 0) is 41.0 Å². The molecule has 9 aromatic rings. The van der Waals surface area contributed by atoms with Gasteiger partial charge in [-0.2, -0.15) is 6.07 Å². The van der Waals surface area contributed by atoms with E-state index >= 15 is 0 Å². The summed E-state index contributed by atoms with van der Waals surface area (Å²) < 4.78 is 11.0. The minimum Gasteiger partial charge on any atom is -0.503 e. The largest absolute Gasteiger partial charge is 2.00 e. The first kappa shape index (κ1) is 28.9. The number of aromatic nitrogens is 4. The molecular formula is C42H28N4OPt. The van der Waals surface area contributed by atoms with Crippen molar-refractivity contribution < 1.29 is 25.8 Å². The van der Waals surface area contributed by atoms with Crippen molar-refractivity contribution in [3.8, 4) is 28.6 Å². The van der Waals surface area contributed by atoms with Crippen LogP contribution < -0.4 is 4.74 Å². The van der Waals surface area contributed by atoms with Gasteiger partial charge in [0.2, 0.25) is 0 Å². The molecule has 0 spiro atoms. The van der Waals surface area contributed by atoms with Gasteiger partial charge < -0.3 is 13.7 Å². The first-order valence-corrected chi connectivity index (χ1v) is 15.9. The van der Waals surface area contributed by atoms with E-state index in [1.165, 1.54) is 27.6 Å². The number of aryl methyl sites for hydroxylation is 1. The van der Waals surface area contributed by atoms with Crippen molar-refractivity contribution >= 4 is 49.1 Å². The quantitative estimate of drug-likeness (QED) is 0.132. The molecule has 5 nitrogen and oxygen atoms in total. The Hall–Kier alpha value is -5.25. The summed E-state index contributed by atoms with van der Waals surface area (Å²) in [5.41, 5.74) is 9.64. The molecule has 6 heteroatoms. The number of fused-ring (bicyclic) bond motifs is 11. The molecule has 0 fully saturated rings. The van der Waals surface area contributed by atoms with Crippen LogP contribution in [0.3, 0.4) is 0 Å². The molecule has 5 aromatic carbocycles. The molecule has 0 aliphatic carbocycles. The van der Waals surface area contributed by atoms with E-state index in [0.29, 0.717) is 11.5 Å². The van der Waals surface area contributed by atoms with Crippen LogP contribution in [0.15, 0.2) is 116 Å². The van der Waals surface area contributed by atoms with Crippen LogP contribution in [-0.4, -0.2) is 18.9 Å². The van der Waals surface area contributed by atoms with E-state index in [4.69, 9.17) is 14.7 Å². The molecule has 10 rings (SSSR count). The third-order valence-electron chi connectivity index (χ3n) is 9.96. The van der Waals surface area contributed by atoms with Crippen molar-refractivity contribution in [2.45, 2.75) is 26.2 Å². The Kier molecular flexibility index (Phi) is 6.25. The average molecular weight is 800 g/mol. The van der Waals surface area contributed by atoms with Crippen LogP contribution in [0.1, 0.15) is 30.5 Å². The summed E-state index contributed by atoms with van der Waals surface area (Å²) in [6.45, 7) is 6.68. The summed E-state index contributed by atoms with van der Waals surface area (Å²) in [6, 6.07) is 43.1. The predicted octanol–water partition coefficient (Wildman–Crippen LogP) is 10.1. The van der Waals surface area contributed by atoms with Gasteiger partial charge in [0.05, 0.1) is 11.3 Å². The van der Waals surface area contributed by atoms with Crippen molar-refractivity contribution in [1.29, 1.82) is 0 Å². The van der Waals surface area contributed by atoms with Crippen molar-refractivity contribution in [2.75, 3.05) is 0 Å². The van der Waals surface area contributed by atoms with Crippen LogP contribution in [-0.2, 0) is 26.5 Å². The van der Waals surface area contributed by atoms with Gasteiger partial charge in [-0.1, -0.05) is 103 Å². The third kappa shape index (κ3) is 3.94. The first-order chi connectivity index (χ1) is 23.0. The molecular weight excluding hydrogens is 772 g/mol. The fourth-order valence-electron chi connectivity index (χ4n) is 7.65. The van der Waals surface area contributed by atoms with E-state index in [1.807, 2.05) is 24.4 Å². The maximum atomic E-state index is 6.56. The Morgan fingerprint density at radius 1 is 0.708 bits per heavy atom.